The van der Waals surface area contributed by atoms with E-state index in [1.807, 2.05) is 6.92 Å². The molecule has 20 heavy (non-hydrogen) atoms. The maximum Gasteiger partial charge on any atom is 0.131 e. The normalized spacial score (nSPS) is 19.1. The zero-order chi connectivity index (χ0) is 14.9. The van der Waals surface area contributed by atoms with Crippen molar-refractivity contribution in [2.75, 3.05) is 26.2 Å². The van der Waals surface area contributed by atoms with Crippen LogP contribution in [0, 0.1) is 18.2 Å². The lowest BCUT2D eigenvalue weighted by Gasteiger charge is -2.43. The van der Waals surface area contributed by atoms with E-state index in [0.29, 0.717) is 5.56 Å². The van der Waals surface area contributed by atoms with E-state index in [0.717, 1.165) is 31.7 Å². The van der Waals surface area contributed by atoms with Gasteiger partial charge in [0.25, 0.3) is 0 Å². The molecule has 0 amide bonds. The summed E-state index contributed by atoms with van der Waals surface area (Å²) < 4.78 is 14.4. The predicted molar refractivity (Wildman–Crippen MR) is 79.4 cm³/mol. The fraction of sp³-hybridized carbons (Fsp3) is 0.625. The molecule has 0 unspecified atom stereocenters. The van der Waals surface area contributed by atoms with Gasteiger partial charge in [-0.3, -0.25) is 4.90 Å². The van der Waals surface area contributed by atoms with Crippen molar-refractivity contribution in [3.8, 4) is 5.75 Å². The Bertz CT molecular complexity index is 476. The molecule has 1 aromatic carbocycles. The van der Waals surface area contributed by atoms with E-state index in [-0.39, 0.29) is 23.0 Å². The second-order valence-electron chi connectivity index (χ2n) is 6.68. The number of nitrogens with one attached hydrogen (secondary N) is 1. The summed E-state index contributed by atoms with van der Waals surface area (Å²) in [6.07, 6.45) is 0. The molecule has 1 fully saturated rings. The van der Waals surface area contributed by atoms with Crippen molar-refractivity contribution >= 4 is 0 Å². The average Bonchev–Trinajstić information content (AvgIpc) is 2.39. The Morgan fingerprint density at radius 3 is 2.40 bits per heavy atom. The summed E-state index contributed by atoms with van der Waals surface area (Å²) >= 11 is 0. The number of piperazine rings is 1. The Kier molecular flexibility index (Phi) is 4.35. The van der Waals surface area contributed by atoms with Crippen molar-refractivity contribution in [3.63, 3.8) is 0 Å². The minimum absolute atomic E-state index is 0.100. The van der Waals surface area contributed by atoms with E-state index in [1.54, 1.807) is 6.07 Å². The number of aryl methyl sites for hydroxylation is 1. The Morgan fingerprint density at radius 2 is 1.85 bits per heavy atom. The zero-order valence-electron chi connectivity index (χ0n) is 12.8. The molecule has 1 aliphatic rings. The molecule has 1 atom stereocenters. The molecule has 0 aromatic heterocycles. The molecule has 1 heterocycles. The van der Waals surface area contributed by atoms with Gasteiger partial charge in [-0.2, -0.15) is 0 Å². The van der Waals surface area contributed by atoms with Crippen LogP contribution in [-0.4, -0.2) is 36.2 Å². The number of rotatable bonds is 2. The number of benzene rings is 1. The molecule has 0 radical (unpaired) electrons. The lowest BCUT2D eigenvalue weighted by molar-refractivity contribution is 0.0812. The first kappa shape index (κ1) is 15.3. The minimum atomic E-state index is -0.313. The SMILES string of the molecule is Cc1ccc(F)c([C@@H](N2CCNCC2)C(C)(C)C)c1O. The van der Waals surface area contributed by atoms with Gasteiger partial charge in [0, 0.05) is 37.8 Å². The third-order valence-electron chi connectivity index (χ3n) is 3.98. The van der Waals surface area contributed by atoms with E-state index in [1.165, 1.54) is 6.07 Å². The van der Waals surface area contributed by atoms with Crippen LogP contribution in [-0.2, 0) is 0 Å². The Morgan fingerprint density at radius 1 is 1.25 bits per heavy atom. The number of aromatic hydroxyl groups is 1. The maximum absolute atomic E-state index is 14.4. The molecule has 0 aliphatic carbocycles. The van der Waals surface area contributed by atoms with Gasteiger partial charge in [-0.25, -0.2) is 4.39 Å². The Hall–Kier alpha value is -1.13. The molecular formula is C16H25FN2O. The van der Waals surface area contributed by atoms with Crippen LogP contribution in [0.4, 0.5) is 4.39 Å². The molecule has 3 nitrogen and oxygen atoms in total. The van der Waals surface area contributed by atoms with Crippen LogP contribution in [0.5, 0.6) is 5.75 Å². The van der Waals surface area contributed by atoms with Gasteiger partial charge in [0.15, 0.2) is 0 Å². The molecular weight excluding hydrogens is 255 g/mol. The van der Waals surface area contributed by atoms with E-state index < -0.39 is 0 Å². The first-order valence-electron chi connectivity index (χ1n) is 7.25. The van der Waals surface area contributed by atoms with Crippen molar-refractivity contribution < 1.29 is 9.50 Å². The van der Waals surface area contributed by atoms with E-state index >= 15 is 0 Å². The van der Waals surface area contributed by atoms with Gasteiger partial charge in [-0.15, -0.1) is 0 Å². The predicted octanol–water partition coefficient (Wildman–Crippen LogP) is 2.83. The Balaban J connectivity index is 2.49. The van der Waals surface area contributed by atoms with Gasteiger partial charge in [0.1, 0.15) is 11.6 Å². The number of phenolic OH excluding ortho intramolecular Hbond substituents is 1. The largest absolute Gasteiger partial charge is 0.507 e. The molecule has 0 spiro atoms. The third kappa shape index (κ3) is 2.96. The van der Waals surface area contributed by atoms with Gasteiger partial charge < -0.3 is 10.4 Å². The lowest BCUT2D eigenvalue weighted by Crippen LogP contribution is -2.48. The molecule has 2 N–H and O–H groups in total. The molecule has 2 rings (SSSR count). The smallest absolute Gasteiger partial charge is 0.131 e. The minimum Gasteiger partial charge on any atom is -0.507 e. The van der Waals surface area contributed by atoms with Crippen molar-refractivity contribution in [2.24, 2.45) is 5.41 Å². The molecule has 0 saturated carbocycles. The second-order valence-corrected chi connectivity index (χ2v) is 6.68. The van der Waals surface area contributed by atoms with E-state index in [2.05, 4.69) is 31.0 Å². The number of hydrogen-bond donors (Lipinski definition) is 2. The first-order valence-corrected chi connectivity index (χ1v) is 7.25. The van der Waals surface area contributed by atoms with Crippen molar-refractivity contribution in [3.05, 3.63) is 29.1 Å². The lowest BCUT2D eigenvalue weighted by atomic mass is 9.80. The van der Waals surface area contributed by atoms with Gasteiger partial charge in [-0.05, 0) is 24.0 Å². The van der Waals surface area contributed by atoms with Crippen LogP contribution in [0.25, 0.3) is 0 Å². The van der Waals surface area contributed by atoms with E-state index in [4.69, 9.17) is 0 Å². The average molecular weight is 280 g/mol. The monoisotopic (exact) mass is 280 g/mol. The second kappa shape index (κ2) is 5.70. The number of nitrogens with zero attached hydrogens (tertiary/aromatic N) is 1. The molecule has 1 aromatic rings. The van der Waals surface area contributed by atoms with Crippen molar-refractivity contribution in [1.82, 2.24) is 10.2 Å². The fourth-order valence-electron chi connectivity index (χ4n) is 3.06. The van der Waals surface area contributed by atoms with Gasteiger partial charge >= 0.3 is 0 Å². The molecule has 112 valence electrons. The standard InChI is InChI=1S/C16H25FN2O/c1-11-5-6-12(17)13(14(11)20)15(16(2,3)4)19-9-7-18-8-10-19/h5-6,15,18,20H,7-10H2,1-4H3/t15-/m1/s1. The van der Waals surface area contributed by atoms with Crippen LogP contribution in [0.2, 0.25) is 0 Å². The van der Waals surface area contributed by atoms with Gasteiger partial charge in [0.05, 0.1) is 0 Å². The first-order chi connectivity index (χ1) is 9.32. The third-order valence-corrected chi connectivity index (χ3v) is 3.98. The highest BCUT2D eigenvalue weighted by atomic mass is 19.1. The Labute approximate surface area is 120 Å². The zero-order valence-corrected chi connectivity index (χ0v) is 12.8. The van der Waals surface area contributed by atoms with Gasteiger partial charge in [-0.1, -0.05) is 26.8 Å². The topological polar surface area (TPSA) is 35.5 Å². The highest BCUT2D eigenvalue weighted by molar-refractivity contribution is 5.43. The summed E-state index contributed by atoms with van der Waals surface area (Å²) in [5.41, 5.74) is 1.02. The molecule has 0 bridgehead atoms. The van der Waals surface area contributed by atoms with Crippen LogP contribution < -0.4 is 5.32 Å². The fourth-order valence-corrected chi connectivity index (χ4v) is 3.06. The summed E-state index contributed by atoms with van der Waals surface area (Å²) in [5, 5.41) is 13.7. The summed E-state index contributed by atoms with van der Waals surface area (Å²) in [6.45, 7) is 11.7. The summed E-state index contributed by atoms with van der Waals surface area (Å²) in [5.74, 6) is -0.213. The van der Waals surface area contributed by atoms with Crippen LogP contribution >= 0.6 is 0 Å². The highest BCUT2D eigenvalue weighted by Crippen LogP contribution is 2.43. The van der Waals surface area contributed by atoms with Crippen LogP contribution in [0.15, 0.2) is 12.1 Å². The maximum atomic E-state index is 14.4. The summed E-state index contributed by atoms with van der Waals surface area (Å²) in [6, 6.07) is 2.97. The molecule has 1 aliphatic heterocycles. The number of hydrogen-bond acceptors (Lipinski definition) is 3. The number of halogens is 1. The van der Waals surface area contributed by atoms with E-state index in [9.17, 15) is 9.50 Å². The van der Waals surface area contributed by atoms with Gasteiger partial charge in [0.2, 0.25) is 0 Å². The highest BCUT2D eigenvalue weighted by Gasteiger charge is 2.36. The number of phenols is 1. The summed E-state index contributed by atoms with van der Waals surface area (Å²) in [7, 11) is 0. The van der Waals surface area contributed by atoms with Crippen LogP contribution in [0.1, 0.15) is 37.9 Å². The quantitative estimate of drug-likeness (QED) is 0.874. The van der Waals surface area contributed by atoms with Crippen molar-refractivity contribution in [1.29, 1.82) is 0 Å². The van der Waals surface area contributed by atoms with Crippen LogP contribution in [0.3, 0.4) is 0 Å². The molecule has 4 heteroatoms. The van der Waals surface area contributed by atoms with Crippen molar-refractivity contribution in [2.45, 2.75) is 33.7 Å². The summed E-state index contributed by atoms with van der Waals surface area (Å²) in [4.78, 5) is 2.27. The molecule has 1 saturated heterocycles.